The molecule has 90 valence electrons. The average molecular weight is 239 g/mol. The SMILES string of the molecule is CCC1CCCN1c1nc(C(C)NC)cs1. The van der Waals surface area contributed by atoms with E-state index in [1.807, 2.05) is 7.05 Å². The molecule has 1 aliphatic rings. The molecule has 3 nitrogen and oxygen atoms in total. The van der Waals surface area contributed by atoms with E-state index in [2.05, 4.69) is 29.4 Å². The summed E-state index contributed by atoms with van der Waals surface area (Å²) in [5.41, 5.74) is 1.17. The van der Waals surface area contributed by atoms with Crippen LogP contribution in [0.2, 0.25) is 0 Å². The van der Waals surface area contributed by atoms with E-state index in [0.29, 0.717) is 12.1 Å². The molecule has 1 aromatic rings. The van der Waals surface area contributed by atoms with Gasteiger partial charge in [-0.3, -0.25) is 0 Å². The third kappa shape index (κ3) is 2.23. The number of anilines is 1. The topological polar surface area (TPSA) is 28.2 Å². The van der Waals surface area contributed by atoms with E-state index in [9.17, 15) is 0 Å². The Morgan fingerprint density at radius 1 is 1.69 bits per heavy atom. The normalized spacial score (nSPS) is 22.7. The van der Waals surface area contributed by atoms with Gasteiger partial charge in [-0.2, -0.15) is 0 Å². The van der Waals surface area contributed by atoms with Gasteiger partial charge in [-0.05, 0) is 33.2 Å². The van der Waals surface area contributed by atoms with Gasteiger partial charge < -0.3 is 10.2 Å². The number of rotatable bonds is 4. The molecule has 0 aromatic carbocycles. The van der Waals surface area contributed by atoms with Crippen LogP contribution in [0.3, 0.4) is 0 Å². The zero-order valence-corrected chi connectivity index (χ0v) is 11.2. The number of nitrogens with one attached hydrogen (secondary N) is 1. The molecule has 0 radical (unpaired) electrons. The Hall–Kier alpha value is -0.610. The van der Waals surface area contributed by atoms with Crippen LogP contribution < -0.4 is 10.2 Å². The molecule has 1 aromatic heterocycles. The van der Waals surface area contributed by atoms with E-state index < -0.39 is 0 Å². The van der Waals surface area contributed by atoms with Crippen molar-refractivity contribution in [1.29, 1.82) is 0 Å². The highest BCUT2D eigenvalue weighted by atomic mass is 32.1. The van der Waals surface area contributed by atoms with Gasteiger partial charge in [0.2, 0.25) is 0 Å². The third-order valence-corrected chi connectivity index (χ3v) is 4.38. The van der Waals surface area contributed by atoms with Gasteiger partial charge in [0.1, 0.15) is 0 Å². The predicted molar refractivity (Wildman–Crippen MR) is 70.2 cm³/mol. The fourth-order valence-corrected chi connectivity index (χ4v) is 3.28. The largest absolute Gasteiger partial charge is 0.345 e. The van der Waals surface area contributed by atoms with Gasteiger partial charge in [-0.1, -0.05) is 6.92 Å². The van der Waals surface area contributed by atoms with Crippen molar-refractivity contribution < 1.29 is 0 Å². The fraction of sp³-hybridized carbons (Fsp3) is 0.750. The molecule has 2 rings (SSSR count). The average Bonchev–Trinajstić information content (AvgIpc) is 2.95. The first kappa shape index (κ1) is 11.9. The number of hydrogen-bond donors (Lipinski definition) is 1. The van der Waals surface area contributed by atoms with Crippen LogP contribution in [0.5, 0.6) is 0 Å². The highest BCUT2D eigenvalue weighted by Crippen LogP contribution is 2.31. The Bertz CT molecular complexity index is 337. The van der Waals surface area contributed by atoms with Gasteiger partial charge in [0, 0.05) is 24.0 Å². The Kier molecular flexibility index (Phi) is 3.82. The van der Waals surface area contributed by atoms with Crippen molar-refractivity contribution in [3.05, 3.63) is 11.1 Å². The summed E-state index contributed by atoms with van der Waals surface area (Å²) in [6.07, 6.45) is 3.87. The van der Waals surface area contributed by atoms with Crippen LogP contribution in [0.15, 0.2) is 5.38 Å². The minimum Gasteiger partial charge on any atom is -0.345 e. The van der Waals surface area contributed by atoms with Gasteiger partial charge in [-0.15, -0.1) is 11.3 Å². The van der Waals surface area contributed by atoms with Gasteiger partial charge in [-0.25, -0.2) is 4.98 Å². The number of nitrogens with zero attached hydrogens (tertiary/aromatic N) is 2. The van der Waals surface area contributed by atoms with Crippen LogP contribution >= 0.6 is 11.3 Å². The second kappa shape index (κ2) is 5.15. The summed E-state index contributed by atoms with van der Waals surface area (Å²) < 4.78 is 0. The quantitative estimate of drug-likeness (QED) is 0.875. The summed E-state index contributed by atoms with van der Waals surface area (Å²) in [5.74, 6) is 0. The molecule has 16 heavy (non-hydrogen) atoms. The molecule has 2 unspecified atom stereocenters. The van der Waals surface area contributed by atoms with E-state index >= 15 is 0 Å². The lowest BCUT2D eigenvalue weighted by molar-refractivity contribution is 0.626. The maximum atomic E-state index is 4.74. The van der Waals surface area contributed by atoms with Crippen LogP contribution in [0.25, 0.3) is 0 Å². The van der Waals surface area contributed by atoms with Gasteiger partial charge in [0.05, 0.1) is 5.69 Å². The Morgan fingerprint density at radius 3 is 3.19 bits per heavy atom. The van der Waals surface area contributed by atoms with Crippen molar-refractivity contribution in [3.8, 4) is 0 Å². The summed E-state index contributed by atoms with van der Waals surface area (Å²) in [6.45, 7) is 5.60. The zero-order chi connectivity index (χ0) is 11.5. The Labute approximate surface area is 102 Å². The first-order chi connectivity index (χ1) is 7.76. The van der Waals surface area contributed by atoms with Gasteiger partial charge >= 0.3 is 0 Å². The van der Waals surface area contributed by atoms with Crippen LogP contribution in [0.1, 0.15) is 44.8 Å². The van der Waals surface area contributed by atoms with Crippen molar-refractivity contribution in [3.63, 3.8) is 0 Å². The van der Waals surface area contributed by atoms with Crippen LogP contribution in [0, 0.1) is 0 Å². The lowest BCUT2D eigenvalue weighted by Gasteiger charge is -2.22. The van der Waals surface area contributed by atoms with Gasteiger partial charge in [0.15, 0.2) is 5.13 Å². The highest BCUT2D eigenvalue weighted by Gasteiger charge is 2.25. The summed E-state index contributed by atoms with van der Waals surface area (Å²) in [7, 11) is 1.98. The van der Waals surface area contributed by atoms with Crippen molar-refractivity contribution in [2.45, 2.75) is 45.2 Å². The van der Waals surface area contributed by atoms with Gasteiger partial charge in [0.25, 0.3) is 0 Å². The standard InChI is InChI=1S/C12H21N3S/c1-4-10-6-5-7-15(10)12-14-11(8-16-12)9(2)13-3/h8-10,13H,4-7H2,1-3H3. The number of aromatic nitrogens is 1. The van der Waals surface area contributed by atoms with Crippen molar-refractivity contribution in [1.82, 2.24) is 10.3 Å². The number of hydrogen-bond acceptors (Lipinski definition) is 4. The van der Waals surface area contributed by atoms with Crippen molar-refractivity contribution in [2.75, 3.05) is 18.5 Å². The molecule has 1 N–H and O–H groups in total. The van der Waals surface area contributed by atoms with E-state index in [4.69, 9.17) is 4.98 Å². The van der Waals surface area contributed by atoms with Crippen LogP contribution in [-0.2, 0) is 0 Å². The molecule has 0 saturated carbocycles. The summed E-state index contributed by atoms with van der Waals surface area (Å²) >= 11 is 1.78. The minimum absolute atomic E-state index is 0.354. The first-order valence-electron chi connectivity index (χ1n) is 6.15. The fourth-order valence-electron chi connectivity index (χ4n) is 2.27. The molecule has 0 spiro atoms. The maximum absolute atomic E-state index is 4.74. The zero-order valence-electron chi connectivity index (χ0n) is 10.4. The van der Waals surface area contributed by atoms with E-state index in [0.717, 1.165) is 0 Å². The molecule has 2 heterocycles. The van der Waals surface area contributed by atoms with Crippen molar-refractivity contribution in [2.24, 2.45) is 0 Å². The molecule has 0 amide bonds. The summed E-state index contributed by atoms with van der Waals surface area (Å²) in [6, 6.07) is 1.07. The maximum Gasteiger partial charge on any atom is 0.185 e. The van der Waals surface area contributed by atoms with E-state index in [1.165, 1.54) is 36.6 Å². The molecule has 0 aliphatic carbocycles. The van der Waals surface area contributed by atoms with Crippen molar-refractivity contribution >= 4 is 16.5 Å². The Balaban J connectivity index is 2.12. The second-order valence-corrected chi connectivity index (χ2v) is 5.30. The lowest BCUT2D eigenvalue weighted by atomic mass is 10.2. The molecule has 1 saturated heterocycles. The van der Waals surface area contributed by atoms with E-state index in [1.54, 1.807) is 11.3 Å². The molecular weight excluding hydrogens is 218 g/mol. The molecule has 0 bridgehead atoms. The second-order valence-electron chi connectivity index (χ2n) is 4.46. The Morgan fingerprint density at radius 2 is 2.50 bits per heavy atom. The highest BCUT2D eigenvalue weighted by molar-refractivity contribution is 7.13. The third-order valence-electron chi connectivity index (χ3n) is 3.48. The van der Waals surface area contributed by atoms with E-state index in [-0.39, 0.29) is 0 Å². The molecule has 1 aliphatic heterocycles. The molecular formula is C12H21N3S. The summed E-state index contributed by atoms with van der Waals surface area (Å²) in [5, 5.41) is 6.63. The monoisotopic (exact) mass is 239 g/mol. The lowest BCUT2D eigenvalue weighted by Crippen LogP contribution is -2.28. The minimum atomic E-state index is 0.354. The summed E-state index contributed by atoms with van der Waals surface area (Å²) in [4.78, 5) is 7.23. The number of thiazole rings is 1. The predicted octanol–water partition coefficient (Wildman–Crippen LogP) is 2.80. The molecule has 4 heteroatoms. The van der Waals surface area contributed by atoms with Crippen LogP contribution in [-0.4, -0.2) is 24.6 Å². The molecule has 2 atom stereocenters. The van der Waals surface area contributed by atoms with Crippen LogP contribution in [0.4, 0.5) is 5.13 Å². The first-order valence-corrected chi connectivity index (χ1v) is 7.03. The smallest absolute Gasteiger partial charge is 0.185 e. The molecule has 1 fully saturated rings.